The molecule has 1 aliphatic rings. The van der Waals surface area contributed by atoms with Gasteiger partial charge in [-0.3, -0.25) is 9.59 Å². The quantitative estimate of drug-likeness (QED) is 0.713. The fraction of sp³-hybridized carbons (Fsp3) is 0.409. The molecule has 1 saturated heterocycles. The first kappa shape index (κ1) is 19.9. The third-order valence-electron chi connectivity index (χ3n) is 4.88. The summed E-state index contributed by atoms with van der Waals surface area (Å²) in [6, 6.07) is 11.5. The normalized spacial score (nSPS) is 16.3. The summed E-state index contributed by atoms with van der Waals surface area (Å²) in [6.07, 6.45) is 3.92. The van der Waals surface area contributed by atoms with Crippen LogP contribution in [0.15, 0.2) is 42.6 Å². The highest BCUT2D eigenvalue weighted by Crippen LogP contribution is 2.25. The molecule has 1 fully saturated rings. The summed E-state index contributed by atoms with van der Waals surface area (Å²) in [5.74, 6) is 0.0651. The van der Waals surface area contributed by atoms with E-state index in [4.69, 9.17) is 4.74 Å². The van der Waals surface area contributed by atoms with Crippen LogP contribution >= 0.6 is 0 Å². The number of benzene rings is 1. The minimum Gasteiger partial charge on any atom is -0.477 e. The van der Waals surface area contributed by atoms with Gasteiger partial charge in [0.2, 0.25) is 17.7 Å². The highest BCUT2D eigenvalue weighted by atomic mass is 16.5. The second-order valence-electron chi connectivity index (χ2n) is 7.13. The summed E-state index contributed by atoms with van der Waals surface area (Å²) < 4.78 is 5.71. The minimum absolute atomic E-state index is 0.0195. The summed E-state index contributed by atoms with van der Waals surface area (Å²) in [7, 11) is 0. The van der Waals surface area contributed by atoms with Gasteiger partial charge in [-0.15, -0.1) is 0 Å². The average molecular weight is 381 g/mol. The van der Waals surface area contributed by atoms with Crippen molar-refractivity contribution in [3.63, 3.8) is 0 Å². The van der Waals surface area contributed by atoms with Gasteiger partial charge in [-0.25, -0.2) is 4.98 Å². The maximum atomic E-state index is 12.6. The molecule has 1 aromatic carbocycles. The van der Waals surface area contributed by atoms with E-state index in [1.165, 1.54) is 0 Å². The number of rotatable bonds is 8. The Morgan fingerprint density at radius 2 is 2.07 bits per heavy atom. The van der Waals surface area contributed by atoms with Crippen molar-refractivity contribution in [1.29, 1.82) is 0 Å². The Morgan fingerprint density at radius 3 is 2.82 bits per heavy atom. The number of nitrogens with zero attached hydrogens (tertiary/aromatic N) is 2. The molecule has 6 heteroatoms. The fourth-order valence-electron chi connectivity index (χ4n) is 3.19. The van der Waals surface area contributed by atoms with Gasteiger partial charge in [0.1, 0.15) is 0 Å². The minimum atomic E-state index is -0.352. The van der Waals surface area contributed by atoms with Gasteiger partial charge in [-0.2, -0.15) is 0 Å². The van der Waals surface area contributed by atoms with Gasteiger partial charge in [0.25, 0.3) is 0 Å². The van der Waals surface area contributed by atoms with Gasteiger partial charge in [0.15, 0.2) is 0 Å². The molecule has 148 valence electrons. The highest BCUT2D eigenvalue weighted by Gasteiger charge is 2.35. The molecule has 2 amide bonds. The van der Waals surface area contributed by atoms with Gasteiger partial charge in [0, 0.05) is 37.0 Å². The van der Waals surface area contributed by atoms with E-state index in [0.29, 0.717) is 25.6 Å². The van der Waals surface area contributed by atoms with Crippen LogP contribution in [0.25, 0.3) is 0 Å². The lowest BCUT2D eigenvalue weighted by Gasteiger charge is -2.17. The number of carbonyl (C=O) groups is 2. The molecule has 2 heterocycles. The number of hydrogen-bond acceptors (Lipinski definition) is 4. The maximum absolute atomic E-state index is 12.6. The number of unbranched alkanes of at least 4 members (excludes halogenated alkanes) is 1. The van der Waals surface area contributed by atoms with Crippen LogP contribution in [0.4, 0.5) is 5.69 Å². The zero-order valence-electron chi connectivity index (χ0n) is 16.5. The van der Waals surface area contributed by atoms with Crippen LogP contribution in [-0.2, 0) is 16.1 Å². The Balaban J connectivity index is 1.57. The smallest absolute Gasteiger partial charge is 0.227 e. The molecule has 1 aromatic heterocycles. The van der Waals surface area contributed by atoms with E-state index in [-0.39, 0.29) is 24.2 Å². The zero-order valence-corrected chi connectivity index (χ0v) is 16.5. The number of carbonyl (C=O) groups excluding carboxylic acids is 2. The standard InChI is InChI=1S/C22H27N3O3/c1-3-4-12-28-22-17(6-5-11-23-22)14-24-21(27)18-13-20(26)25(15-18)19-9-7-16(2)8-10-19/h5-11,18H,3-4,12-15H2,1-2H3,(H,24,27). The van der Waals surface area contributed by atoms with Gasteiger partial charge < -0.3 is 15.0 Å². The van der Waals surface area contributed by atoms with Crippen LogP contribution in [0.2, 0.25) is 0 Å². The lowest BCUT2D eigenvalue weighted by molar-refractivity contribution is -0.126. The molecule has 2 aromatic rings. The summed E-state index contributed by atoms with van der Waals surface area (Å²) in [4.78, 5) is 30.9. The van der Waals surface area contributed by atoms with E-state index in [0.717, 1.165) is 29.7 Å². The van der Waals surface area contributed by atoms with Crippen LogP contribution in [0, 0.1) is 12.8 Å². The molecule has 0 aliphatic carbocycles. The number of ether oxygens (including phenoxy) is 1. The van der Waals surface area contributed by atoms with E-state index in [2.05, 4.69) is 17.2 Å². The van der Waals surface area contributed by atoms with Crippen LogP contribution in [0.3, 0.4) is 0 Å². The second-order valence-corrected chi connectivity index (χ2v) is 7.13. The first-order chi connectivity index (χ1) is 13.6. The summed E-state index contributed by atoms with van der Waals surface area (Å²) in [5.41, 5.74) is 2.81. The molecule has 1 unspecified atom stereocenters. The molecular weight excluding hydrogens is 354 g/mol. The predicted molar refractivity (Wildman–Crippen MR) is 108 cm³/mol. The van der Waals surface area contributed by atoms with E-state index < -0.39 is 0 Å². The van der Waals surface area contributed by atoms with Crippen molar-refractivity contribution in [3.05, 3.63) is 53.7 Å². The topological polar surface area (TPSA) is 71.5 Å². The Labute approximate surface area is 165 Å². The fourth-order valence-corrected chi connectivity index (χ4v) is 3.19. The van der Waals surface area contributed by atoms with Crippen molar-refractivity contribution in [3.8, 4) is 5.88 Å². The van der Waals surface area contributed by atoms with E-state index >= 15 is 0 Å². The first-order valence-corrected chi connectivity index (χ1v) is 9.80. The summed E-state index contributed by atoms with van der Waals surface area (Å²) in [6.45, 7) is 5.46. The van der Waals surface area contributed by atoms with Gasteiger partial charge in [-0.05, 0) is 31.5 Å². The lowest BCUT2D eigenvalue weighted by Crippen LogP contribution is -2.32. The monoisotopic (exact) mass is 381 g/mol. The van der Waals surface area contributed by atoms with E-state index in [9.17, 15) is 9.59 Å². The van der Waals surface area contributed by atoms with Crippen molar-refractivity contribution in [2.75, 3.05) is 18.1 Å². The number of aryl methyl sites for hydroxylation is 1. The SMILES string of the molecule is CCCCOc1ncccc1CNC(=O)C1CC(=O)N(c2ccc(C)cc2)C1. The summed E-state index contributed by atoms with van der Waals surface area (Å²) in [5, 5.41) is 2.94. The summed E-state index contributed by atoms with van der Waals surface area (Å²) >= 11 is 0. The molecule has 1 aliphatic heterocycles. The Bertz CT molecular complexity index is 820. The Morgan fingerprint density at radius 1 is 1.29 bits per heavy atom. The van der Waals surface area contributed by atoms with Gasteiger partial charge in [-0.1, -0.05) is 37.1 Å². The number of pyridine rings is 1. The van der Waals surface area contributed by atoms with Crippen LogP contribution in [0.1, 0.15) is 37.3 Å². The Hall–Kier alpha value is -2.89. The van der Waals surface area contributed by atoms with E-state index in [1.807, 2.05) is 43.3 Å². The number of anilines is 1. The van der Waals surface area contributed by atoms with Crippen LogP contribution < -0.4 is 15.0 Å². The number of aromatic nitrogens is 1. The second kappa shape index (κ2) is 9.35. The lowest BCUT2D eigenvalue weighted by atomic mass is 10.1. The third kappa shape index (κ3) is 4.88. The van der Waals surface area contributed by atoms with Crippen LogP contribution in [-0.4, -0.2) is 29.9 Å². The number of amides is 2. The number of hydrogen-bond donors (Lipinski definition) is 1. The van der Waals surface area contributed by atoms with Gasteiger partial charge >= 0.3 is 0 Å². The largest absolute Gasteiger partial charge is 0.477 e. The maximum Gasteiger partial charge on any atom is 0.227 e. The highest BCUT2D eigenvalue weighted by molar-refractivity contribution is 6.00. The Kier molecular flexibility index (Phi) is 6.63. The van der Waals surface area contributed by atoms with Crippen LogP contribution in [0.5, 0.6) is 5.88 Å². The molecule has 3 rings (SSSR count). The molecule has 0 saturated carbocycles. The third-order valence-corrected chi connectivity index (χ3v) is 4.88. The average Bonchev–Trinajstić information content (AvgIpc) is 3.09. The predicted octanol–water partition coefficient (Wildman–Crippen LogP) is 3.24. The van der Waals surface area contributed by atoms with Crippen molar-refractivity contribution in [1.82, 2.24) is 10.3 Å². The molecule has 1 N–H and O–H groups in total. The number of nitrogens with one attached hydrogen (secondary N) is 1. The van der Waals surface area contributed by atoms with Crippen molar-refractivity contribution >= 4 is 17.5 Å². The van der Waals surface area contributed by atoms with Crippen molar-refractivity contribution in [2.45, 2.75) is 39.7 Å². The molecular formula is C22H27N3O3. The van der Waals surface area contributed by atoms with E-state index in [1.54, 1.807) is 11.1 Å². The van der Waals surface area contributed by atoms with Gasteiger partial charge in [0.05, 0.1) is 12.5 Å². The molecule has 0 spiro atoms. The molecule has 1 atom stereocenters. The molecule has 6 nitrogen and oxygen atoms in total. The first-order valence-electron chi connectivity index (χ1n) is 9.80. The molecule has 0 radical (unpaired) electrons. The molecule has 28 heavy (non-hydrogen) atoms. The van der Waals surface area contributed by atoms with Crippen molar-refractivity contribution in [2.24, 2.45) is 5.92 Å². The van der Waals surface area contributed by atoms with Crippen molar-refractivity contribution < 1.29 is 14.3 Å². The molecule has 0 bridgehead atoms. The zero-order chi connectivity index (χ0) is 19.9.